The van der Waals surface area contributed by atoms with Crippen molar-refractivity contribution in [2.75, 3.05) is 11.9 Å². The van der Waals surface area contributed by atoms with Crippen LogP contribution in [0.25, 0.3) is 0 Å². The second-order valence-corrected chi connectivity index (χ2v) is 4.75. The Bertz CT molecular complexity index is 641. The fraction of sp³-hybridized carbons (Fsp3) is 0.188. The summed E-state index contributed by atoms with van der Waals surface area (Å²) in [5.41, 5.74) is 7.65. The Labute approximate surface area is 122 Å². The summed E-state index contributed by atoms with van der Waals surface area (Å²) >= 11 is 0. The Balaban J connectivity index is 2.09. The van der Waals surface area contributed by atoms with Gasteiger partial charge in [-0.25, -0.2) is 8.78 Å². The molecule has 2 aromatic carbocycles. The summed E-state index contributed by atoms with van der Waals surface area (Å²) in [6.07, 6.45) is 0.00629. The molecule has 2 aromatic rings. The predicted molar refractivity (Wildman–Crippen MR) is 77.8 cm³/mol. The fourth-order valence-corrected chi connectivity index (χ4v) is 1.94. The number of hydrogen-bond acceptors (Lipinski definition) is 2. The zero-order valence-corrected chi connectivity index (χ0v) is 11.6. The molecular formula is C16H16F2N2O. The highest BCUT2D eigenvalue weighted by atomic mass is 19.2. The Morgan fingerprint density at radius 3 is 2.24 bits per heavy atom. The fourth-order valence-electron chi connectivity index (χ4n) is 1.94. The van der Waals surface area contributed by atoms with Crippen molar-refractivity contribution in [2.45, 2.75) is 13.0 Å². The molecule has 0 aliphatic carbocycles. The zero-order chi connectivity index (χ0) is 15.4. The molecule has 0 radical (unpaired) electrons. The van der Waals surface area contributed by atoms with Gasteiger partial charge in [0.25, 0.3) is 0 Å². The lowest BCUT2D eigenvalue weighted by Gasteiger charge is -2.17. The smallest absolute Gasteiger partial charge is 0.231 e. The first kappa shape index (κ1) is 15.1. The number of carbonyl (C=O) groups excluding carboxylic acids is 1. The first-order valence-corrected chi connectivity index (χ1v) is 6.50. The van der Waals surface area contributed by atoms with Crippen LogP contribution in [0.5, 0.6) is 0 Å². The van der Waals surface area contributed by atoms with Crippen molar-refractivity contribution >= 4 is 11.6 Å². The summed E-state index contributed by atoms with van der Waals surface area (Å²) in [5, 5.41) is 0. The lowest BCUT2D eigenvalue weighted by atomic mass is 10.1. The first-order chi connectivity index (χ1) is 10.0. The molecule has 5 heteroatoms. The number of carbonyl (C=O) groups is 1. The molecule has 0 spiro atoms. The van der Waals surface area contributed by atoms with Gasteiger partial charge in [0.05, 0.1) is 6.42 Å². The highest BCUT2D eigenvalue weighted by molar-refractivity contribution is 5.94. The second-order valence-electron chi connectivity index (χ2n) is 4.75. The van der Waals surface area contributed by atoms with Crippen molar-refractivity contribution in [1.29, 1.82) is 0 Å². The van der Waals surface area contributed by atoms with E-state index in [4.69, 9.17) is 5.73 Å². The molecule has 2 N–H and O–H groups in total. The minimum absolute atomic E-state index is 0.00629. The van der Waals surface area contributed by atoms with Crippen LogP contribution in [0.15, 0.2) is 42.5 Å². The SMILES string of the molecule is CN(C(=O)Cc1ccc(F)c(F)c1)c1ccc(CN)cc1. The molecule has 0 saturated carbocycles. The van der Waals surface area contributed by atoms with Gasteiger partial charge in [-0.15, -0.1) is 0 Å². The molecular weight excluding hydrogens is 274 g/mol. The van der Waals surface area contributed by atoms with E-state index in [1.54, 1.807) is 19.2 Å². The Hall–Kier alpha value is -2.27. The molecule has 0 aliphatic heterocycles. The van der Waals surface area contributed by atoms with E-state index < -0.39 is 11.6 Å². The molecule has 0 fully saturated rings. The number of hydrogen-bond donors (Lipinski definition) is 1. The Morgan fingerprint density at radius 1 is 1.05 bits per heavy atom. The number of nitrogens with two attached hydrogens (primary N) is 1. The van der Waals surface area contributed by atoms with Gasteiger partial charge in [0.2, 0.25) is 5.91 Å². The molecule has 0 saturated heterocycles. The minimum Gasteiger partial charge on any atom is -0.326 e. The molecule has 0 aromatic heterocycles. The third-order valence-electron chi connectivity index (χ3n) is 3.27. The Kier molecular flexibility index (Phi) is 4.65. The van der Waals surface area contributed by atoms with Gasteiger partial charge in [0.15, 0.2) is 11.6 Å². The van der Waals surface area contributed by atoms with Crippen LogP contribution < -0.4 is 10.6 Å². The van der Waals surface area contributed by atoms with Crippen LogP contribution in [0.3, 0.4) is 0 Å². The molecule has 110 valence electrons. The molecule has 3 nitrogen and oxygen atoms in total. The van der Waals surface area contributed by atoms with Gasteiger partial charge in [-0.2, -0.15) is 0 Å². The van der Waals surface area contributed by atoms with Crippen molar-refractivity contribution in [3.63, 3.8) is 0 Å². The molecule has 1 amide bonds. The highest BCUT2D eigenvalue weighted by Crippen LogP contribution is 2.16. The summed E-state index contributed by atoms with van der Waals surface area (Å²) in [5.74, 6) is -2.08. The largest absolute Gasteiger partial charge is 0.326 e. The standard InChI is InChI=1S/C16H16F2N2O/c1-20(13-5-2-11(10-19)3-6-13)16(21)9-12-4-7-14(17)15(18)8-12/h2-8H,9-10,19H2,1H3. The maximum Gasteiger partial charge on any atom is 0.231 e. The molecule has 0 heterocycles. The van der Waals surface area contributed by atoms with Crippen molar-refractivity contribution in [3.8, 4) is 0 Å². The van der Waals surface area contributed by atoms with E-state index in [2.05, 4.69) is 0 Å². The van der Waals surface area contributed by atoms with Crippen LogP contribution in [-0.2, 0) is 17.8 Å². The summed E-state index contributed by atoms with van der Waals surface area (Å²) in [6.45, 7) is 0.437. The summed E-state index contributed by atoms with van der Waals surface area (Å²) < 4.78 is 26.0. The van der Waals surface area contributed by atoms with Gasteiger partial charge in [-0.1, -0.05) is 18.2 Å². The number of rotatable bonds is 4. The molecule has 0 bridgehead atoms. The van der Waals surface area contributed by atoms with E-state index in [-0.39, 0.29) is 12.3 Å². The number of likely N-dealkylation sites (N-methyl/N-ethyl adjacent to an activating group) is 1. The van der Waals surface area contributed by atoms with E-state index in [0.717, 1.165) is 23.4 Å². The van der Waals surface area contributed by atoms with Crippen LogP contribution in [0.2, 0.25) is 0 Å². The zero-order valence-electron chi connectivity index (χ0n) is 11.6. The average molecular weight is 290 g/mol. The molecule has 2 rings (SSSR count). The van der Waals surface area contributed by atoms with E-state index in [1.165, 1.54) is 11.0 Å². The van der Waals surface area contributed by atoms with Crippen LogP contribution in [0.1, 0.15) is 11.1 Å². The quantitative estimate of drug-likeness (QED) is 0.941. The predicted octanol–water partition coefficient (Wildman–Crippen LogP) is 2.63. The van der Waals surface area contributed by atoms with E-state index in [9.17, 15) is 13.6 Å². The number of nitrogens with zero attached hydrogens (tertiary/aromatic N) is 1. The van der Waals surface area contributed by atoms with Crippen molar-refractivity contribution in [2.24, 2.45) is 5.73 Å². The van der Waals surface area contributed by atoms with Gasteiger partial charge in [0.1, 0.15) is 0 Å². The molecule has 0 unspecified atom stereocenters. The normalized spacial score (nSPS) is 10.5. The first-order valence-electron chi connectivity index (χ1n) is 6.50. The lowest BCUT2D eigenvalue weighted by molar-refractivity contribution is -0.117. The highest BCUT2D eigenvalue weighted by Gasteiger charge is 2.13. The molecule has 21 heavy (non-hydrogen) atoms. The van der Waals surface area contributed by atoms with Gasteiger partial charge < -0.3 is 10.6 Å². The number of benzene rings is 2. The number of halogens is 2. The van der Waals surface area contributed by atoms with E-state index >= 15 is 0 Å². The van der Waals surface area contributed by atoms with E-state index in [0.29, 0.717) is 12.1 Å². The van der Waals surface area contributed by atoms with Crippen LogP contribution >= 0.6 is 0 Å². The maximum absolute atomic E-state index is 13.1. The van der Waals surface area contributed by atoms with Crippen LogP contribution in [0, 0.1) is 11.6 Å². The Morgan fingerprint density at radius 2 is 1.67 bits per heavy atom. The summed E-state index contributed by atoms with van der Waals surface area (Å²) in [7, 11) is 1.64. The summed E-state index contributed by atoms with van der Waals surface area (Å²) in [4.78, 5) is 13.6. The minimum atomic E-state index is -0.949. The van der Waals surface area contributed by atoms with Gasteiger partial charge in [-0.05, 0) is 35.4 Å². The second kappa shape index (κ2) is 6.45. The van der Waals surface area contributed by atoms with Gasteiger partial charge >= 0.3 is 0 Å². The van der Waals surface area contributed by atoms with Gasteiger partial charge in [0, 0.05) is 19.3 Å². The molecule has 0 aliphatic rings. The van der Waals surface area contributed by atoms with Gasteiger partial charge in [-0.3, -0.25) is 4.79 Å². The number of anilines is 1. The third-order valence-corrected chi connectivity index (χ3v) is 3.27. The maximum atomic E-state index is 13.1. The topological polar surface area (TPSA) is 46.3 Å². The van der Waals surface area contributed by atoms with Crippen molar-refractivity contribution in [1.82, 2.24) is 0 Å². The number of amides is 1. The summed E-state index contributed by atoms with van der Waals surface area (Å²) in [6, 6.07) is 10.7. The molecule has 0 atom stereocenters. The monoisotopic (exact) mass is 290 g/mol. The van der Waals surface area contributed by atoms with Crippen molar-refractivity contribution < 1.29 is 13.6 Å². The van der Waals surface area contributed by atoms with Crippen LogP contribution in [-0.4, -0.2) is 13.0 Å². The van der Waals surface area contributed by atoms with E-state index in [1.807, 2.05) is 12.1 Å². The van der Waals surface area contributed by atoms with Crippen LogP contribution in [0.4, 0.5) is 14.5 Å². The third kappa shape index (κ3) is 3.64. The average Bonchev–Trinajstić information content (AvgIpc) is 2.50. The van der Waals surface area contributed by atoms with Crippen molar-refractivity contribution in [3.05, 3.63) is 65.2 Å². The lowest BCUT2D eigenvalue weighted by Crippen LogP contribution is -2.27.